The number of imidazole rings is 1. The molecule has 0 aliphatic rings. The maximum atomic E-state index is 12.3. The number of rotatable bonds is 8. The number of carbonyl (C=O) groups excluding carboxylic acids is 1. The third-order valence-electron chi connectivity index (χ3n) is 4.97. The van der Waals surface area contributed by atoms with Crippen LogP contribution in [-0.2, 0) is 16.1 Å². The van der Waals surface area contributed by atoms with Crippen molar-refractivity contribution in [2.45, 2.75) is 46.3 Å². The van der Waals surface area contributed by atoms with Crippen molar-refractivity contribution >= 4 is 5.91 Å². The first kappa shape index (κ1) is 21.6. The second-order valence-corrected chi connectivity index (χ2v) is 8.31. The van der Waals surface area contributed by atoms with Crippen LogP contribution in [0.2, 0.25) is 0 Å². The molecule has 0 aliphatic heterocycles. The second-order valence-electron chi connectivity index (χ2n) is 8.31. The van der Waals surface area contributed by atoms with Crippen molar-refractivity contribution in [2.24, 2.45) is 11.1 Å². The third-order valence-corrected chi connectivity index (χ3v) is 4.97. The van der Waals surface area contributed by atoms with Crippen molar-refractivity contribution in [1.29, 1.82) is 0 Å². The molecule has 0 fully saturated rings. The molecule has 0 saturated heterocycles. The van der Waals surface area contributed by atoms with Gasteiger partial charge in [-0.1, -0.05) is 51.1 Å². The van der Waals surface area contributed by atoms with Gasteiger partial charge in [-0.25, -0.2) is 4.98 Å². The minimum absolute atomic E-state index is 0.325. The molecule has 2 aromatic heterocycles. The molecule has 1 aromatic carbocycles. The molecule has 2 atom stereocenters. The van der Waals surface area contributed by atoms with Crippen LogP contribution < -0.4 is 5.73 Å². The van der Waals surface area contributed by atoms with E-state index < -0.39 is 12.0 Å². The van der Waals surface area contributed by atoms with Gasteiger partial charge in [-0.15, -0.1) is 0 Å². The summed E-state index contributed by atoms with van der Waals surface area (Å²) in [5, 5.41) is 0. The highest BCUT2D eigenvalue weighted by Gasteiger charge is 2.40. The molecular weight excluding hydrogens is 378 g/mol. The van der Waals surface area contributed by atoms with E-state index in [4.69, 9.17) is 15.5 Å². The SMILES string of the molecule is CCOC(C(N)=O)[C@@H](c1nc(-c2cnccn2)cn1Cc1ccccc1)C(C)(C)C. The zero-order chi connectivity index (χ0) is 21.7. The molecule has 7 heteroatoms. The molecule has 30 heavy (non-hydrogen) atoms. The molecule has 0 radical (unpaired) electrons. The van der Waals surface area contributed by atoms with E-state index in [2.05, 4.69) is 47.4 Å². The van der Waals surface area contributed by atoms with Crippen LogP contribution in [0.25, 0.3) is 11.4 Å². The fourth-order valence-electron chi connectivity index (χ4n) is 3.64. The third kappa shape index (κ3) is 4.91. The van der Waals surface area contributed by atoms with Crippen LogP contribution in [0, 0.1) is 5.41 Å². The summed E-state index contributed by atoms with van der Waals surface area (Å²) in [5.41, 5.74) is 7.93. The first-order chi connectivity index (χ1) is 14.3. The summed E-state index contributed by atoms with van der Waals surface area (Å²) < 4.78 is 7.87. The summed E-state index contributed by atoms with van der Waals surface area (Å²) in [6.07, 6.45) is 6.11. The van der Waals surface area contributed by atoms with Gasteiger partial charge in [-0.3, -0.25) is 14.8 Å². The quantitative estimate of drug-likeness (QED) is 0.617. The molecule has 7 nitrogen and oxygen atoms in total. The summed E-state index contributed by atoms with van der Waals surface area (Å²) in [6, 6.07) is 10.1. The fourth-order valence-corrected chi connectivity index (χ4v) is 3.64. The maximum absolute atomic E-state index is 12.3. The first-order valence-corrected chi connectivity index (χ1v) is 10.1. The van der Waals surface area contributed by atoms with Crippen molar-refractivity contribution in [3.63, 3.8) is 0 Å². The summed E-state index contributed by atoms with van der Waals surface area (Å²) in [4.78, 5) is 25.8. The van der Waals surface area contributed by atoms with Gasteiger partial charge in [0.05, 0.1) is 12.1 Å². The van der Waals surface area contributed by atoms with Crippen LogP contribution in [-0.4, -0.2) is 38.1 Å². The summed E-state index contributed by atoms with van der Waals surface area (Å²) in [6.45, 7) is 9.05. The van der Waals surface area contributed by atoms with E-state index in [1.165, 1.54) is 0 Å². The molecule has 0 aliphatic carbocycles. The number of ether oxygens (including phenoxy) is 1. The lowest BCUT2D eigenvalue weighted by molar-refractivity contribution is -0.133. The Morgan fingerprint density at radius 2 is 1.90 bits per heavy atom. The number of hydrogen-bond acceptors (Lipinski definition) is 5. The van der Waals surface area contributed by atoms with Crippen LogP contribution in [0.15, 0.2) is 55.1 Å². The fraction of sp³-hybridized carbons (Fsp3) is 0.391. The monoisotopic (exact) mass is 407 g/mol. The highest BCUT2D eigenvalue weighted by molar-refractivity contribution is 5.80. The van der Waals surface area contributed by atoms with Crippen molar-refractivity contribution in [3.8, 4) is 11.4 Å². The average molecular weight is 408 g/mol. The lowest BCUT2D eigenvalue weighted by Gasteiger charge is -2.35. The molecule has 0 saturated carbocycles. The van der Waals surface area contributed by atoms with Gasteiger partial charge in [-0.05, 0) is 17.9 Å². The predicted molar refractivity (Wildman–Crippen MR) is 116 cm³/mol. The van der Waals surface area contributed by atoms with E-state index in [0.717, 1.165) is 11.4 Å². The molecule has 1 unspecified atom stereocenters. The van der Waals surface area contributed by atoms with Gasteiger partial charge in [0.25, 0.3) is 0 Å². The van der Waals surface area contributed by atoms with Gasteiger partial charge in [0.15, 0.2) is 0 Å². The van der Waals surface area contributed by atoms with Crippen LogP contribution in [0.5, 0.6) is 0 Å². The molecule has 0 bridgehead atoms. The van der Waals surface area contributed by atoms with Crippen LogP contribution in [0.3, 0.4) is 0 Å². The Bertz CT molecular complexity index is 964. The molecule has 2 N–H and O–H groups in total. The van der Waals surface area contributed by atoms with Crippen molar-refractivity contribution in [3.05, 3.63) is 66.5 Å². The van der Waals surface area contributed by atoms with Gasteiger partial charge >= 0.3 is 0 Å². The standard InChI is InChI=1S/C23H29N5O2/c1-5-30-20(21(24)29)19(23(2,3)4)22-27-18(17-13-25-11-12-26-17)15-28(22)14-16-9-7-6-8-10-16/h6-13,15,19-20H,5,14H2,1-4H3,(H2,24,29)/t19-,20?/m0/s1. The average Bonchev–Trinajstić information content (AvgIpc) is 3.11. The van der Waals surface area contributed by atoms with E-state index in [9.17, 15) is 4.79 Å². The van der Waals surface area contributed by atoms with Crippen molar-refractivity contribution < 1.29 is 9.53 Å². The molecule has 3 rings (SSSR count). The minimum Gasteiger partial charge on any atom is -0.368 e. The molecule has 1 amide bonds. The first-order valence-electron chi connectivity index (χ1n) is 10.1. The molecular formula is C23H29N5O2. The number of nitrogens with zero attached hydrogens (tertiary/aromatic N) is 4. The Kier molecular flexibility index (Phi) is 6.62. The van der Waals surface area contributed by atoms with E-state index in [1.807, 2.05) is 31.3 Å². The number of amides is 1. The van der Waals surface area contributed by atoms with Crippen molar-refractivity contribution in [2.75, 3.05) is 6.61 Å². The van der Waals surface area contributed by atoms with Gasteiger partial charge < -0.3 is 15.0 Å². The number of benzene rings is 1. The Morgan fingerprint density at radius 3 is 2.47 bits per heavy atom. The van der Waals surface area contributed by atoms with Crippen LogP contribution in [0.4, 0.5) is 0 Å². The molecule has 0 spiro atoms. The Labute approximate surface area is 177 Å². The maximum Gasteiger partial charge on any atom is 0.247 e. The zero-order valence-corrected chi connectivity index (χ0v) is 17.9. The smallest absolute Gasteiger partial charge is 0.247 e. The van der Waals surface area contributed by atoms with Crippen LogP contribution in [0.1, 0.15) is 45.0 Å². The van der Waals surface area contributed by atoms with Crippen LogP contribution >= 0.6 is 0 Å². The lowest BCUT2D eigenvalue weighted by Crippen LogP contribution is -2.43. The van der Waals surface area contributed by atoms with E-state index in [-0.39, 0.29) is 11.3 Å². The van der Waals surface area contributed by atoms with E-state index in [1.54, 1.807) is 18.6 Å². The predicted octanol–water partition coefficient (Wildman–Crippen LogP) is 3.41. The highest BCUT2D eigenvalue weighted by atomic mass is 16.5. The summed E-state index contributed by atoms with van der Waals surface area (Å²) >= 11 is 0. The van der Waals surface area contributed by atoms with E-state index in [0.29, 0.717) is 24.5 Å². The number of nitrogens with two attached hydrogens (primary N) is 1. The molecule has 2 heterocycles. The molecule has 158 valence electrons. The normalized spacial score (nSPS) is 13.7. The largest absolute Gasteiger partial charge is 0.368 e. The van der Waals surface area contributed by atoms with E-state index >= 15 is 0 Å². The van der Waals surface area contributed by atoms with Crippen molar-refractivity contribution in [1.82, 2.24) is 19.5 Å². The highest BCUT2D eigenvalue weighted by Crippen LogP contribution is 2.39. The van der Waals surface area contributed by atoms with Gasteiger partial charge in [0.2, 0.25) is 5.91 Å². The topological polar surface area (TPSA) is 95.9 Å². The molecule has 3 aromatic rings. The minimum atomic E-state index is -0.790. The zero-order valence-electron chi connectivity index (χ0n) is 17.9. The summed E-state index contributed by atoms with van der Waals surface area (Å²) in [5.74, 6) is -0.0968. The Hall–Kier alpha value is -3.06. The number of hydrogen-bond donors (Lipinski definition) is 1. The summed E-state index contributed by atoms with van der Waals surface area (Å²) in [7, 11) is 0. The van der Waals surface area contributed by atoms with Gasteiger partial charge in [0.1, 0.15) is 23.3 Å². The van der Waals surface area contributed by atoms with Gasteiger partial charge in [0, 0.05) is 31.7 Å². The number of aromatic nitrogens is 4. The lowest BCUT2D eigenvalue weighted by atomic mass is 9.76. The van der Waals surface area contributed by atoms with Gasteiger partial charge in [-0.2, -0.15) is 0 Å². The number of carbonyl (C=O) groups is 1. The second kappa shape index (κ2) is 9.17. The Morgan fingerprint density at radius 1 is 1.17 bits per heavy atom. The number of primary amides is 1. The Balaban J connectivity index is 2.15.